The average Bonchev–Trinajstić information content (AvgIpc) is 3.39. The van der Waals surface area contributed by atoms with Crippen molar-refractivity contribution < 1.29 is 19.2 Å². The maximum absolute atomic E-state index is 12.3. The van der Waals surface area contributed by atoms with E-state index in [0.29, 0.717) is 94.9 Å². The van der Waals surface area contributed by atoms with Crippen molar-refractivity contribution in [3.63, 3.8) is 0 Å². The summed E-state index contributed by atoms with van der Waals surface area (Å²) in [5.41, 5.74) is 0. The van der Waals surface area contributed by atoms with Crippen LogP contribution < -0.4 is 26.6 Å². The van der Waals surface area contributed by atoms with Crippen LogP contribution in [0.25, 0.3) is 0 Å². The zero-order chi connectivity index (χ0) is 54.9. The summed E-state index contributed by atoms with van der Waals surface area (Å²) in [6.07, 6.45) is 36.4. The van der Waals surface area contributed by atoms with E-state index in [9.17, 15) is 19.2 Å². The van der Waals surface area contributed by atoms with Crippen molar-refractivity contribution in [3.8, 4) is 0 Å². The molecule has 0 aliphatic carbocycles. The molecule has 0 aromatic carbocycles. The third kappa shape index (κ3) is 76.1. The average molecular weight is 1300 g/mol. The summed E-state index contributed by atoms with van der Waals surface area (Å²) in [4.78, 5) is 51.9. The molecule has 0 saturated heterocycles. The van der Waals surface area contributed by atoms with E-state index in [0.717, 1.165) is 60.4 Å². The summed E-state index contributed by atoms with van der Waals surface area (Å²) >= 11 is 7.08. The van der Waals surface area contributed by atoms with Gasteiger partial charge in [0.2, 0.25) is 0 Å². The van der Waals surface area contributed by atoms with Gasteiger partial charge in [0.1, 0.15) is 0 Å². The molecule has 5 N–H and O–H groups in total. The number of carbonyl (C=O) groups is 4. The molecule has 4 amide bonds. The topological polar surface area (TPSA) is 135 Å². The van der Waals surface area contributed by atoms with Crippen molar-refractivity contribution in [1.29, 1.82) is 0 Å². The van der Waals surface area contributed by atoms with Crippen molar-refractivity contribution in [2.75, 3.05) is 79.0 Å². The van der Waals surface area contributed by atoms with Gasteiger partial charge < -0.3 is 0 Å². The first-order chi connectivity index (χ1) is 35.6. The molecule has 0 bridgehead atoms. The zero-order valence-corrected chi connectivity index (χ0v) is 56.0. The molecule has 436 valence electrons. The normalized spacial score (nSPS) is 10.7. The SMILES string of the molecule is CCCCCCCC.CCCCCCCC.CCCCCCCC[Se]CCNC(=O)CCN(CCC(=O)NCC[Se])CCN(C)CCC.CCCCCCCC[Se]CCNC(=O)CCNCCC(=O)NCC[Se]. The van der Waals surface area contributed by atoms with Gasteiger partial charge in [-0.2, -0.15) is 0 Å². The van der Waals surface area contributed by atoms with E-state index in [1.807, 2.05) is 0 Å². The van der Waals surface area contributed by atoms with Gasteiger partial charge in [-0.15, -0.1) is 0 Å². The molecule has 0 saturated carbocycles. The molecule has 11 nitrogen and oxygen atoms in total. The fourth-order valence-electron chi connectivity index (χ4n) is 7.33. The molecule has 0 fully saturated rings. The standard InChI is InChI=1S/C24H49N4O2Se2.C18H36N3O2Se2.2C8H18/c1-4-6-7-8-9-10-21-32-22-14-26-24(30)12-17-28(19-18-27(3)15-5-2)16-11-23(29)25-13-20-31;1-2-3-4-5-6-7-15-25-16-13-21-18(23)9-11-19-10-8-17(22)20-12-14-24;2*1-3-5-7-8-6-4-2/h4-22H2,1-3H3,(H,25,29)(H,26,30);19H,2-16H2,1H3,(H,20,22)(H,21,23);2*3-8H2,1-2H3. The van der Waals surface area contributed by atoms with Crippen LogP contribution in [0, 0.1) is 0 Å². The second-order valence-electron chi connectivity index (χ2n) is 19.3. The Hall–Kier alpha value is -0.162. The molecular weight excluding hydrogens is 1170 g/mol. The monoisotopic (exact) mass is 1300 g/mol. The molecule has 73 heavy (non-hydrogen) atoms. The Morgan fingerprint density at radius 3 is 0.986 bits per heavy atom. The Kier molecular flexibility index (Phi) is 78.1. The number of nitrogens with one attached hydrogen (secondary N) is 5. The summed E-state index contributed by atoms with van der Waals surface area (Å²) in [6, 6.07) is 0. The molecule has 15 heteroatoms. The number of nitrogens with zero attached hydrogens (tertiary/aromatic N) is 2. The van der Waals surface area contributed by atoms with E-state index in [1.165, 1.54) is 165 Å². The minimum absolute atomic E-state index is 0.0554. The molecule has 0 rings (SSSR count). The fourth-order valence-corrected chi connectivity index (χ4v) is 11.4. The van der Waals surface area contributed by atoms with Gasteiger partial charge in [0.15, 0.2) is 0 Å². The van der Waals surface area contributed by atoms with Crippen molar-refractivity contribution in [3.05, 3.63) is 0 Å². The van der Waals surface area contributed by atoms with Crippen LogP contribution in [0.15, 0.2) is 0 Å². The maximum atomic E-state index is 12.3. The summed E-state index contributed by atoms with van der Waals surface area (Å²) in [5.74, 6) is 0.385. The van der Waals surface area contributed by atoms with Crippen LogP contribution in [-0.4, -0.2) is 174 Å². The number of carbonyl (C=O) groups excluding carboxylic acids is 4. The number of unbranched alkanes of at least 4 members (excludes halogenated alkanes) is 20. The van der Waals surface area contributed by atoms with Crippen molar-refractivity contribution in [1.82, 2.24) is 36.4 Å². The molecule has 0 aliphatic heterocycles. The van der Waals surface area contributed by atoms with Gasteiger partial charge >= 0.3 is 375 Å². The van der Waals surface area contributed by atoms with Gasteiger partial charge in [0, 0.05) is 0 Å². The second-order valence-corrected chi connectivity index (χ2v) is 26.1. The molecule has 0 spiro atoms. The number of hydrogen-bond donors (Lipinski definition) is 5. The second kappa shape index (κ2) is 71.8. The number of amides is 4. The van der Waals surface area contributed by atoms with Crippen LogP contribution in [0.2, 0.25) is 31.9 Å². The molecule has 2 radical (unpaired) electrons. The zero-order valence-electron chi connectivity index (χ0n) is 49.2. The summed E-state index contributed by atoms with van der Waals surface area (Å²) < 4.78 is 0. The summed E-state index contributed by atoms with van der Waals surface area (Å²) in [6.45, 7) is 24.3. The predicted octanol–water partition coefficient (Wildman–Crippen LogP) is 11.9. The van der Waals surface area contributed by atoms with Crippen LogP contribution in [0.5, 0.6) is 0 Å². The molecule has 0 aromatic heterocycles. The third-order valence-corrected chi connectivity index (χ3v) is 17.3. The van der Waals surface area contributed by atoms with Gasteiger partial charge in [-0.3, -0.25) is 0 Å². The van der Waals surface area contributed by atoms with Gasteiger partial charge in [0.05, 0.1) is 0 Å². The van der Waals surface area contributed by atoms with E-state index < -0.39 is 0 Å². The molecule has 0 aromatic rings. The van der Waals surface area contributed by atoms with Crippen LogP contribution >= 0.6 is 0 Å². The summed E-state index contributed by atoms with van der Waals surface area (Å²) in [7, 11) is 2.13. The van der Waals surface area contributed by atoms with E-state index in [2.05, 4.69) is 124 Å². The Morgan fingerprint density at radius 2 is 0.658 bits per heavy atom. The van der Waals surface area contributed by atoms with Crippen LogP contribution in [0.4, 0.5) is 0 Å². The Bertz CT molecular complexity index is 1090. The molecule has 0 aliphatic rings. The number of hydrogen-bond acceptors (Lipinski definition) is 7. The molecule has 0 heterocycles. The van der Waals surface area contributed by atoms with Crippen LogP contribution in [-0.2, 0) is 19.2 Å². The molecular formula is C58H121N7O4Se4. The first-order valence-electron chi connectivity index (χ1n) is 30.1. The van der Waals surface area contributed by atoms with E-state index in [4.69, 9.17) is 0 Å². The van der Waals surface area contributed by atoms with Gasteiger partial charge in [0.25, 0.3) is 0 Å². The minimum atomic E-state index is 0.0554. The van der Waals surface area contributed by atoms with Gasteiger partial charge in [-0.1, -0.05) is 112 Å². The molecule has 0 atom stereocenters. The molecule has 0 unspecified atom stereocenters. The van der Waals surface area contributed by atoms with Crippen molar-refractivity contribution in [2.45, 2.75) is 267 Å². The number of likely N-dealkylation sites (N-methyl/N-ethyl adjacent to an activating group) is 1. The first kappa shape index (κ1) is 79.3. The Labute approximate surface area is 483 Å². The summed E-state index contributed by atoms with van der Waals surface area (Å²) in [5, 5.41) is 21.5. The van der Waals surface area contributed by atoms with Gasteiger partial charge in [-0.05, 0) is 0 Å². The van der Waals surface area contributed by atoms with E-state index in [1.54, 1.807) is 0 Å². The van der Waals surface area contributed by atoms with Crippen LogP contribution in [0.3, 0.4) is 0 Å². The first-order valence-corrected chi connectivity index (χ1v) is 37.3. The predicted molar refractivity (Wildman–Crippen MR) is 324 cm³/mol. The quantitative estimate of drug-likeness (QED) is 0.0302. The van der Waals surface area contributed by atoms with Crippen molar-refractivity contribution >= 4 is 85.6 Å². The van der Waals surface area contributed by atoms with Gasteiger partial charge in [-0.25, -0.2) is 0 Å². The van der Waals surface area contributed by atoms with E-state index >= 15 is 0 Å². The van der Waals surface area contributed by atoms with E-state index in [-0.39, 0.29) is 23.6 Å². The fraction of sp³-hybridized carbons (Fsp3) is 0.931. The Morgan fingerprint density at radius 1 is 0.342 bits per heavy atom. The van der Waals surface area contributed by atoms with Crippen molar-refractivity contribution in [2.24, 2.45) is 0 Å². The Balaban J connectivity index is -0.000000508. The van der Waals surface area contributed by atoms with Crippen LogP contribution in [0.1, 0.15) is 235 Å². The number of rotatable bonds is 51. The third-order valence-electron chi connectivity index (χ3n) is 12.0.